The van der Waals surface area contributed by atoms with Crippen molar-refractivity contribution in [3.8, 4) is 0 Å². The van der Waals surface area contributed by atoms with Gasteiger partial charge in [-0.25, -0.2) is 4.39 Å². The van der Waals surface area contributed by atoms with Gasteiger partial charge in [0, 0.05) is 14.6 Å². The van der Waals surface area contributed by atoms with E-state index in [1.165, 1.54) is 12.1 Å². The maximum absolute atomic E-state index is 12.9. The van der Waals surface area contributed by atoms with E-state index in [1.807, 2.05) is 18.2 Å². The number of hydrogen-bond donors (Lipinski definition) is 1. The van der Waals surface area contributed by atoms with Gasteiger partial charge in [-0.3, -0.25) is 0 Å². The van der Waals surface area contributed by atoms with Crippen molar-refractivity contribution in [1.29, 1.82) is 0 Å². The molecule has 0 aliphatic rings. The second-order valence-corrected chi connectivity index (χ2v) is 4.00. The summed E-state index contributed by atoms with van der Waals surface area (Å²) in [4.78, 5) is 0. The maximum Gasteiger partial charge on any atom is 0.125 e. The van der Waals surface area contributed by atoms with Crippen LogP contribution in [0.4, 0.5) is 10.1 Å². The van der Waals surface area contributed by atoms with Gasteiger partial charge in [-0.2, -0.15) is 0 Å². The van der Waals surface area contributed by atoms with Crippen LogP contribution in [0.3, 0.4) is 0 Å². The first-order valence-corrected chi connectivity index (χ1v) is 4.89. The van der Waals surface area contributed by atoms with Crippen LogP contribution < -0.4 is 5.73 Å². The summed E-state index contributed by atoms with van der Waals surface area (Å²) in [5, 5.41) is 1.79. The van der Waals surface area contributed by atoms with E-state index in [-0.39, 0.29) is 5.82 Å². The van der Waals surface area contributed by atoms with Crippen molar-refractivity contribution < 1.29 is 4.39 Å². The number of benzene rings is 2. The van der Waals surface area contributed by atoms with Crippen LogP contribution in [0.15, 0.2) is 30.3 Å². The van der Waals surface area contributed by atoms with Gasteiger partial charge in [0.05, 0.1) is 0 Å². The van der Waals surface area contributed by atoms with E-state index in [1.54, 1.807) is 0 Å². The molecule has 0 aliphatic heterocycles. The molecule has 66 valence electrons. The van der Waals surface area contributed by atoms with Crippen molar-refractivity contribution in [3.05, 3.63) is 39.7 Å². The summed E-state index contributed by atoms with van der Waals surface area (Å²) < 4.78 is 14.0. The lowest BCUT2D eigenvalue weighted by molar-refractivity contribution is 0.630. The molecule has 0 radical (unpaired) electrons. The summed E-state index contributed by atoms with van der Waals surface area (Å²) in [6, 6.07) is 8.55. The highest BCUT2D eigenvalue weighted by atomic mass is 127. The number of halogens is 2. The van der Waals surface area contributed by atoms with Crippen molar-refractivity contribution in [1.82, 2.24) is 0 Å². The summed E-state index contributed by atoms with van der Waals surface area (Å²) in [5.41, 5.74) is 6.21. The molecule has 0 unspecified atom stereocenters. The van der Waals surface area contributed by atoms with E-state index in [0.717, 1.165) is 14.3 Å². The predicted octanol–water partition coefficient (Wildman–Crippen LogP) is 3.17. The monoisotopic (exact) mass is 287 g/mol. The molecule has 0 heterocycles. The van der Waals surface area contributed by atoms with E-state index in [4.69, 9.17) is 5.73 Å². The topological polar surface area (TPSA) is 26.0 Å². The minimum Gasteiger partial charge on any atom is -0.398 e. The number of anilines is 1. The molecule has 0 saturated heterocycles. The average Bonchev–Trinajstić information content (AvgIpc) is 2.02. The summed E-state index contributed by atoms with van der Waals surface area (Å²) in [6.07, 6.45) is 0. The van der Waals surface area contributed by atoms with Crippen molar-refractivity contribution in [2.24, 2.45) is 0 Å². The number of nitrogen functional groups attached to an aromatic ring is 1. The zero-order valence-corrected chi connectivity index (χ0v) is 8.88. The quantitative estimate of drug-likeness (QED) is 0.584. The fourth-order valence-corrected chi connectivity index (χ4v) is 2.21. The van der Waals surface area contributed by atoms with Gasteiger partial charge in [-0.05, 0) is 46.2 Å². The zero-order valence-electron chi connectivity index (χ0n) is 6.72. The van der Waals surface area contributed by atoms with Gasteiger partial charge in [0.25, 0.3) is 0 Å². The molecule has 0 amide bonds. The predicted molar refractivity (Wildman–Crippen MR) is 61.0 cm³/mol. The molecular weight excluding hydrogens is 280 g/mol. The van der Waals surface area contributed by atoms with Crippen LogP contribution in [0.2, 0.25) is 0 Å². The smallest absolute Gasteiger partial charge is 0.125 e. The van der Waals surface area contributed by atoms with E-state index >= 15 is 0 Å². The Hall–Kier alpha value is -0.840. The van der Waals surface area contributed by atoms with Gasteiger partial charge in [-0.15, -0.1) is 0 Å². The van der Waals surface area contributed by atoms with Crippen molar-refractivity contribution in [2.75, 3.05) is 5.73 Å². The van der Waals surface area contributed by atoms with Crippen molar-refractivity contribution in [3.63, 3.8) is 0 Å². The number of nitrogens with two attached hydrogens (primary N) is 1. The van der Waals surface area contributed by atoms with Crippen LogP contribution in [0.25, 0.3) is 10.8 Å². The normalized spacial score (nSPS) is 10.6. The Morgan fingerprint density at radius 2 is 2.00 bits per heavy atom. The molecule has 0 spiro atoms. The third kappa shape index (κ3) is 1.48. The first-order chi connectivity index (χ1) is 6.18. The van der Waals surface area contributed by atoms with Crippen molar-refractivity contribution >= 4 is 39.1 Å². The third-order valence-electron chi connectivity index (χ3n) is 1.92. The second-order valence-electron chi connectivity index (χ2n) is 2.83. The number of hydrogen-bond acceptors (Lipinski definition) is 1. The molecule has 0 aromatic heterocycles. The Balaban J connectivity index is 2.94. The minimum absolute atomic E-state index is 0.285. The summed E-state index contributed by atoms with van der Waals surface area (Å²) in [7, 11) is 0. The summed E-state index contributed by atoms with van der Waals surface area (Å²) in [5.74, 6) is -0.285. The van der Waals surface area contributed by atoms with Gasteiger partial charge in [0.15, 0.2) is 0 Å². The van der Waals surface area contributed by atoms with Crippen LogP contribution in [0.5, 0.6) is 0 Å². The Morgan fingerprint density at radius 1 is 1.23 bits per heavy atom. The van der Waals surface area contributed by atoms with Crippen LogP contribution in [-0.2, 0) is 0 Å². The molecule has 3 heteroatoms. The van der Waals surface area contributed by atoms with E-state index in [2.05, 4.69) is 22.6 Å². The van der Waals surface area contributed by atoms with Crippen LogP contribution in [0, 0.1) is 9.39 Å². The second kappa shape index (κ2) is 3.14. The molecule has 0 saturated carbocycles. The van der Waals surface area contributed by atoms with Crippen LogP contribution >= 0.6 is 22.6 Å². The van der Waals surface area contributed by atoms with Gasteiger partial charge in [-0.1, -0.05) is 12.1 Å². The molecule has 13 heavy (non-hydrogen) atoms. The third-order valence-corrected chi connectivity index (χ3v) is 2.82. The lowest BCUT2D eigenvalue weighted by Gasteiger charge is -2.04. The Bertz CT molecular complexity index is 468. The first-order valence-electron chi connectivity index (χ1n) is 3.82. The first kappa shape index (κ1) is 8.74. The van der Waals surface area contributed by atoms with Gasteiger partial charge in [0.2, 0.25) is 0 Å². The lowest BCUT2D eigenvalue weighted by atomic mass is 10.1. The molecule has 2 aromatic carbocycles. The molecule has 0 atom stereocenters. The highest BCUT2D eigenvalue weighted by molar-refractivity contribution is 14.1. The molecule has 1 nitrogen and oxygen atoms in total. The molecule has 2 aromatic rings. The SMILES string of the molecule is Nc1cc(F)cc2cccc(I)c12. The fourth-order valence-electron chi connectivity index (χ4n) is 1.38. The largest absolute Gasteiger partial charge is 0.398 e. The molecular formula is C10H7FIN. The number of rotatable bonds is 0. The average molecular weight is 287 g/mol. The molecule has 0 aliphatic carbocycles. The van der Waals surface area contributed by atoms with Crippen LogP contribution in [-0.4, -0.2) is 0 Å². The summed E-state index contributed by atoms with van der Waals surface area (Å²) in [6.45, 7) is 0. The Kier molecular flexibility index (Phi) is 2.11. The van der Waals surface area contributed by atoms with E-state index < -0.39 is 0 Å². The summed E-state index contributed by atoms with van der Waals surface area (Å²) >= 11 is 2.19. The fraction of sp³-hybridized carbons (Fsp3) is 0. The van der Waals surface area contributed by atoms with Crippen LogP contribution in [0.1, 0.15) is 0 Å². The Morgan fingerprint density at radius 3 is 2.77 bits per heavy atom. The maximum atomic E-state index is 12.9. The molecule has 0 fully saturated rings. The van der Waals surface area contributed by atoms with Gasteiger partial charge >= 0.3 is 0 Å². The zero-order chi connectivity index (χ0) is 9.42. The highest BCUT2D eigenvalue weighted by Crippen LogP contribution is 2.27. The highest BCUT2D eigenvalue weighted by Gasteiger charge is 2.03. The minimum atomic E-state index is -0.285. The molecule has 0 bridgehead atoms. The number of fused-ring (bicyclic) bond motifs is 1. The Labute approximate surface area is 88.9 Å². The molecule has 2 N–H and O–H groups in total. The van der Waals surface area contributed by atoms with Gasteiger partial charge in [0.1, 0.15) is 5.82 Å². The van der Waals surface area contributed by atoms with E-state index in [0.29, 0.717) is 5.69 Å². The van der Waals surface area contributed by atoms with Gasteiger partial charge < -0.3 is 5.73 Å². The molecule has 2 rings (SSSR count). The van der Waals surface area contributed by atoms with E-state index in [9.17, 15) is 4.39 Å². The standard InChI is InChI=1S/C10H7FIN/c11-7-4-6-2-1-3-8(12)10(6)9(13)5-7/h1-5H,13H2. The van der Waals surface area contributed by atoms with Crippen molar-refractivity contribution in [2.45, 2.75) is 0 Å². The lowest BCUT2D eigenvalue weighted by Crippen LogP contribution is -1.90.